The lowest BCUT2D eigenvalue weighted by atomic mass is 10.2. The van der Waals surface area contributed by atoms with Gasteiger partial charge in [0.15, 0.2) is 0 Å². The van der Waals surface area contributed by atoms with Crippen LogP contribution in [0.4, 0.5) is 5.69 Å². The minimum atomic E-state index is -3.61. The molecular formula is C23H25N3O4S. The third-order valence-corrected chi connectivity index (χ3v) is 5.70. The second-order valence-corrected chi connectivity index (χ2v) is 9.00. The van der Waals surface area contributed by atoms with Crippen LogP contribution in [0.15, 0.2) is 72.9 Å². The van der Waals surface area contributed by atoms with E-state index in [1.165, 1.54) is 0 Å². The quantitative estimate of drug-likeness (QED) is 0.554. The molecule has 0 fully saturated rings. The van der Waals surface area contributed by atoms with Crippen LogP contribution in [-0.4, -0.2) is 32.1 Å². The Morgan fingerprint density at radius 2 is 1.84 bits per heavy atom. The van der Waals surface area contributed by atoms with Crippen LogP contribution in [-0.2, 0) is 28.0 Å². The zero-order chi connectivity index (χ0) is 22.3. The zero-order valence-electron chi connectivity index (χ0n) is 17.5. The minimum absolute atomic E-state index is 0.255. The first-order chi connectivity index (χ1) is 14.8. The van der Waals surface area contributed by atoms with Crippen molar-refractivity contribution in [2.75, 3.05) is 17.1 Å². The van der Waals surface area contributed by atoms with Gasteiger partial charge in [-0.3, -0.25) is 14.1 Å². The summed E-state index contributed by atoms with van der Waals surface area (Å²) in [6.07, 6.45) is 2.80. The molecule has 1 amide bonds. The average Bonchev–Trinajstić information content (AvgIpc) is 2.75. The van der Waals surface area contributed by atoms with Gasteiger partial charge in [0.2, 0.25) is 15.9 Å². The molecule has 0 atom stereocenters. The minimum Gasteiger partial charge on any atom is -0.487 e. The molecule has 0 radical (unpaired) electrons. The third-order valence-electron chi connectivity index (χ3n) is 4.57. The highest BCUT2D eigenvalue weighted by molar-refractivity contribution is 7.92. The van der Waals surface area contributed by atoms with Crippen molar-refractivity contribution in [1.82, 2.24) is 10.3 Å². The molecule has 3 rings (SSSR count). The number of benzene rings is 2. The van der Waals surface area contributed by atoms with Gasteiger partial charge in [-0.05, 0) is 48.4 Å². The summed E-state index contributed by atoms with van der Waals surface area (Å²) in [5.41, 5.74) is 2.93. The molecule has 0 aliphatic carbocycles. The number of carbonyl (C=O) groups excluding carboxylic acids is 1. The maximum Gasteiger partial charge on any atom is 0.241 e. The van der Waals surface area contributed by atoms with Crippen molar-refractivity contribution in [1.29, 1.82) is 0 Å². The highest BCUT2D eigenvalue weighted by Crippen LogP contribution is 2.21. The van der Waals surface area contributed by atoms with E-state index in [2.05, 4.69) is 10.3 Å². The molecule has 8 heteroatoms. The largest absolute Gasteiger partial charge is 0.487 e. The fourth-order valence-electron chi connectivity index (χ4n) is 3.00. The molecule has 162 valence electrons. The lowest BCUT2D eigenvalue weighted by Gasteiger charge is -2.23. The highest BCUT2D eigenvalue weighted by Gasteiger charge is 2.22. The molecule has 3 aromatic rings. The van der Waals surface area contributed by atoms with E-state index in [1.807, 2.05) is 61.5 Å². The van der Waals surface area contributed by atoms with Crippen LogP contribution in [0.5, 0.6) is 5.75 Å². The Hall–Kier alpha value is -3.39. The van der Waals surface area contributed by atoms with Crippen LogP contribution in [0, 0.1) is 6.92 Å². The number of nitrogens with one attached hydrogen (secondary N) is 1. The van der Waals surface area contributed by atoms with Gasteiger partial charge >= 0.3 is 0 Å². The molecule has 0 saturated heterocycles. The summed E-state index contributed by atoms with van der Waals surface area (Å²) >= 11 is 0. The zero-order valence-corrected chi connectivity index (χ0v) is 18.3. The third kappa shape index (κ3) is 6.55. The number of ether oxygens (including phenoxy) is 1. The SMILES string of the molecule is Cc1ccccc1N(CC(=O)NCc1cccc(OCc2ccccn2)c1)S(C)(=O)=O. The number of carbonyl (C=O) groups is 1. The van der Waals surface area contributed by atoms with Gasteiger partial charge in [0.1, 0.15) is 18.9 Å². The first-order valence-electron chi connectivity index (χ1n) is 9.74. The van der Waals surface area contributed by atoms with E-state index < -0.39 is 15.9 Å². The molecule has 0 bridgehead atoms. The summed E-state index contributed by atoms with van der Waals surface area (Å²) < 4.78 is 31.4. The molecule has 0 saturated carbocycles. The summed E-state index contributed by atoms with van der Waals surface area (Å²) in [5, 5.41) is 2.78. The maximum atomic E-state index is 12.5. The second kappa shape index (κ2) is 10.1. The lowest BCUT2D eigenvalue weighted by Crippen LogP contribution is -2.40. The van der Waals surface area contributed by atoms with Crippen molar-refractivity contribution < 1.29 is 17.9 Å². The van der Waals surface area contributed by atoms with Gasteiger partial charge in [-0.2, -0.15) is 0 Å². The molecule has 2 aromatic carbocycles. The van der Waals surface area contributed by atoms with Crippen molar-refractivity contribution in [3.8, 4) is 5.75 Å². The molecule has 0 spiro atoms. The number of nitrogens with zero attached hydrogens (tertiary/aromatic N) is 2. The van der Waals surface area contributed by atoms with E-state index >= 15 is 0 Å². The van der Waals surface area contributed by atoms with Crippen molar-refractivity contribution in [2.24, 2.45) is 0 Å². The van der Waals surface area contributed by atoms with Crippen LogP contribution >= 0.6 is 0 Å². The molecule has 1 heterocycles. The van der Waals surface area contributed by atoms with Crippen LogP contribution in [0.1, 0.15) is 16.8 Å². The van der Waals surface area contributed by atoms with Gasteiger partial charge in [-0.1, -0.05) is 36.4 Å². The Balaban J connectivity index is 1.60. The monoisotopic (exact) mass is 439 g/mol. The van der Waals surface area contributed by atoms with Gasteiger partial charge in [0, 0.05) is 12.7 Å². The predicted octanol–water partition coefficient (Wildman–Crippen LogP) is 3.05. The number of hydrogen-bond donors (Lipinski definition) is 1. The van der Waals surface area contributed by atoms with Crippen molar-refractivity contribution in [3.05, 3.63) is 89.7 Å². The number of anilines is 1. The van der Waals surface area contributed by atoms with E-state index in [0.717, 1.165) is 27.4 Å². The van der Waals surface area contributed by atoms with Crippen molar-refractivity contribution >= 4 is 21.6 Å². The molecule has 1 aromatic heterocycles. The summed E-state index contributed by atoms with van der Waals surface area (Å²) in [6, 6.07) is 20.0. The highest BCUT2D eigenvalue weighted by atomic mass is 32.2. The van der Waals surface area contributed by atoms with E-state index in [0.29, 0.717) is 18.0 Å². The summed E-state index contributed by atoms with van der Waals surface area (Å²) in [4.78, 5) is 16.7. The van der Waals surface area contributed by atoms with Gasteiger partial charge in [0.05, 0.1) is 17.6 Å². The Labute approximate surface area is 182 Å². The lowest BCUT2D eigenvalue weighted by molar-refractivity contribution is -0.119. The average molecular weight is 440 g/mol. The van der Waals surface area contributed by atoms with Crippen LogP contribution in [0.25, 0.3) is 0 Å². The topological polar surface area (TPSA) is 88.6 Å². The summed E-state index contributed by atoms with van der Waals surface area (Å²) in [7, 11) is -3.61. The van der Waals surface area contributed by atoms with E-state index in [9.17, 15) is 13.2 Å². The summed E-state index contributed by atoms with van der Waals surface area (Å²) in [5.74, 6) is 0.267. The second-order valence-electron chi connectivity index (χ2n) is 7.09. The fraction of sp³-hybridized carbons (Fsp3) is 0.217. The number of aryl methyl sites for hydroxylation is 1. The molecule has 31 heavy (non-hydrogen) atoms. The van der Waals surface area contributed by atoms with Gasteiger partial charge in [0.25, 0.3) is 0 Å². The molecule has 1 N–H and O–H groups in total. The molecule has 7 nitrogen and oxygen atoms in total. The van der Waals surface area contributed by atoms with Gasteiger partial charge in [-0.25, -0.2) is 8.42 Å². The van der Waals surface area contributed by atoms with Gasteiger partial charge in [-0.15, -0.1) is 0 Å². The number of sulfonamides is 1. The Kier molecular flexibility index (Phi) is 7.25. The smallest absolute Gasteiger partial charge is 0.241 e. The predicted molar refractivity (Wildman–Crippen MR) is 120 cm³/mol. The Bertz CT molecular complexity index is 1130. The van der Waals surface area contributed by atoms with E-state index in [1.54, 1.807) is 18.3 Å². The number of hydrogen-bond acceptors (Lipinski definition) is 5. The molecule has 0 unspecified atom stereocenters. The standard InChI is InChI=1S/C23H25N3O4S/c1-18-8-3-4-12-22(18)26(31(2,28)29)16-23(27)25-15-19-9-7-11-21(14-19)30-17-20-10-5-6-13-24-20/h3-14H,15-17H2,1-2H3,(H,25,27). The first-order valence-corrected chi connectivity index (χ1v) is 11.6. The van der Waals surface area contributed by atoms with E-state index in [4.69, 9.17) is 4.74 Å². The molecule has 0 aliphatic rings. The van der Waals surface area contributed by atoms with Gasteiger partial charge < -0.3 is 10.1 Å². The number of rotatable bonds is 9. The maximum absolute atomic E-state index is 12.5. The number of para-hydroxylation sites is 1. The van der Waals surface area contributed by atoms with Crippen molar-refractivity contribution in [3.63, 3.8) is 0 Å². The normalized spacial score (nSPS) is 11.0. The Morgan fingerprint density at radius 1 is 1.06 bits per heavy atom. The molecule has 0 aliphatic heterocycles. The Morgan fingerprint density at radius 3 is 2.55 bits per heavy atom. The number of aromatic nitrogens is 1. The van der Waals surface area contributed by atoms with Crippen LogP contribution < -0.4 is 14.4 Å². The van der Waals surface area contributed by atoms with Crippen molar-refractivity contribution in [2.45, 2.75) is 20.1 Å². The van der Waals surface area contributed by atoms with E-state index in [-0.39, 0.29) is 13.1 Å². The fourth-order valence-corrected chi connectivity index (χ4v) is 3.91. The van der Waals surface area contributed by atoms with Crippen LogP contribution in [0.2, 0.25) is 0 Å². The number of amides is 1. The molecular weight excluding hydrogens is 414 g/mol. The van der Waals surface area contributed by atoms with Crippen LogP contribution in [0.3, 0.4) is 0 Å². The summed E-state index contributed by atoms with van der Waals surface area (Å²) in [6.45, 7) is 2.11. The number of pyridine rings is 1. The first kappa shape index (κ1) is 22.3.